The average Bonchev–Trinajstić information content (AvgIpc) is 2.60. The lowest BCUT2D eigenvalue weighted by atomic mass is 9.90. The molecule has 1 aromatic heterocycles. The fourth-order valence-electron chi connectivity index (χ4n) is 2.21. The zero-order chi connectivity index (χ0) is 13.4. The van der Waals surface area contributed by atoms with E-state index in [9.17, 15) is 9.59 Å². The first-order valence-electron chi connectivity index (χ1n) is 5.69. The minimum Gasteiger partial charge on any atom is -0.475 e. The predicted octanol–water partition coefficient (Wildman–Crippen LogP) is 1.86. The van der Waals surface area contributed by atoms with E-state index in [1.165, 1.54) is 0 Å². The molecule has 1 N–H and O–H groups in total. The number of aromatic carboxylic acids is 1. The van der Waals surface area contributed by atoms with E-state index in [4.69, 9.17) is 9.52 Å². The summed E-state index contributed by atoms with van der Waals surface area (Å²) in [6, 6.07) is 0. The van der Waals surface area contributed by atoms with Crippen LogP contribution in [0.2, 0.25) is 0 Å². The van der Waals surface area contributed by atoms with Gasteiger partial charge in [-0.1, -0.05) is 0 Å². The number of allylic oxidation sites excluding steroid dienone is 1. The molecule has 1 aromatic rings. The van der Waals surface area contributed by atoms with Gasteiger partial charge in [0.15, 0.2) is 5.78 Å². The minimum atomic E-state index is -1.13. The molecular weight excluding hydrogens is 234 g/mol. The van der Waals surface area contributed by atoms with Crippen LogP contribution in [-0.2, 0) is 6.42 Å². The number of carboxylic acids is 1. The molecule has 0 saturated heterocycles. The first-order chi connectivity index (χ1) is 8.41. The van der Waals surface area contributed by atoms with Crippen LogP contribution in [0.4, 0.5) is 0 Å². The largest absolute Gasteiger partial charge is 0.475 e. The molecule has 0 fully saturated rings. The Morgan fingerprint density at radius 3 is 2.61 bits per heavy atom. The number of ketones is 1. The number of furan rings is 1. The highest BCUT2D eigenvalue weighted by Gasteiger charge is 2.31. The van der Waals surface area contributed by atoms with Crippen LogP contribution in [0.15, 0.2) is 16.2 Å². The third-order valence-electron chi connectivity index (χ3n) is 2.97. The van der Waals surface area contributed by atoms with E-state index in [2.05, 4.69) is 0 Å². The number of fused-ring (bicyclic) bond motifs is 1. The topological polar surface area (TPSA) is 70.7 Å². The van der Waals surface area contributed by atoms with Gasteiger partial charge in [-0.3, -0.25) is 4.79 Å². The van der Waals surface area contributed by atoms with Gasteiger partial charge in [0, 0.05) is 37.9 Å². The molecule has 1 aliphatic carbocycles. The zero-order valence-corrected chi connectivity index (χ0v) is 10.6. The quantitative estimate of drug-likeness (QED) is 0.810. The Bertz CT molecular complexity index is 552. The number of hydrogen-bond acceptors (Lipinski definition) is 4. The van der Waals surface area contributed by atoms with Crippen molar-refractivity contribution in [2.75, 3.05) is 14.1 Å². The molecule has 18 heavy (non-hydrogen) atoms. The second-order valence-corrected chi connectivity index (χ2v) is 4.61. The smallest absolute Gasteiger partial charge is 0.372 e. The van der Waals surface area contributed by atoms with Crippen molar-refractivity contribution in [3.8, 4) is 0 Å². The summed E-state index contributed by atoms with van der Waals surface area (Å²) >= 11 is 0. The highest BCUT2D eigenvalue weighted by molar-refractivity contribution is 6.12. The van der Waals surface area contributed by atoms with Crippen molar-refractivity contribution in [3.63, 3.8) is 0 Å². The van der Waals surface area contributed by atoms with Crippen molar-refractivity contribution in [1.29, 1.82) is 0 Å². The van der Waals surface area contributed by atoms with Crippen LogP contribution < -0.4 is 0 Å². The van der Waals surface area contributed by atoms with E-state index >= 15 is 0 Å². The van der Waals surface area contributed by atoms with Crippen molar-refractivity contribution < 1.29 is 19.1 Å². The summed E-state index contributed by atoms with van der Waals surface area (Å²) in [6.07, 6.45) is 2.92. The van der Waals surface area contributed by atoms with Gasteiger partial charge in [-0.15, -0.1) is 0 Å². The highest BCUT2D eigenvalue weighted by Crippen LogP contribution is 2.31. The van der Waals surface area contributed by atoms with Gasteiger partial charge in [-0.05, 0) is 13.3 Å². The van der Waals surface area contributed by atoms with E-state index in [-0.39, 0.29) is 11.5 Å². The van der Waals surface area contributed by atoms with Crippen LogP contribution in [0.3, 0.4) is 0 Å². The third-order valence-corrected chi connectivity index (χ3v) is 2.97. The summed E-state index contributed by atoms with van der Waals surface area (Å²) in [4.78, 5) is 25.1. The van der Waals surface area contributed by atoms with Gasteiger partial charge in [-0.2, -0.15) is 0 Å². The summed E-state index contributed by atoms with van der Waals surface area (Å²) in [5, 5.41) is 8.98. The van der Waals surface area contributed by atoms with Crippen molar-refractivity contribution in [2.45, 2.75) is 19.8 Å². The molecule has 0 atom stereocenters. The van der Waals surface area contributed by atoms with E-state index in [1.807, 2.05) is 19.0 Å². The second kappa shape index (κ2) is 4.33. The fraction of sp³-hybridized carbons (Fsp3) is 0.385. The van der Waals surface area contributed by atoms with Crippen LogP contribution in [0.25, 0.3) is 0 Å². The maximum atomic E-state index is 12.3. The summed E-state index contributed by atoms with van der Waals surface area (Å²) < 4.78 is 5.26. The van der Waals surface area contributed by atoms with Gasteiger partial charge < -0.3 is 14.4 Å². The zero-order valence-electron chi connectivity index (χ0n) is 10.6. The number of Topliss-reactive ketones (excluding diaryl/α,β-unsaturated/α-hetero) is 1. The SMILES string of the molecule is Cc1c(C(=O)O)oc2c1C(=O)/C(=C\N(C)C)CC2. The van der Waals surface area contributed by atoms with Crippen LogP contribution in [0.5, 0.6) is 0 Å². The summed E-state index contributed by atoms with van der Waals surface area (Å²) in [7, 11) is 3.70. The van der Waals surface area contributed by atoms with Crippen molar-refractivity contribution >= 4 is 11.8 Å². The maximum absolute atomic E-state index is 12.3. The lowest BCUT2D eigenvalue weighted by molar-refractivity contribution is 0.0659. The van der Waals surface area contributed by atoms with Gasteiger partial charge in [-0.25, -0.2) is 4.79 Å². The first kappa shape index (κ1) is 12.4. The molecule has 2 rings (SSSR count). The summed E-state index contributed by atoms with van der Waals surface area (Å²) in [6.45, 7) is 1.61. The molecule has 0 radical (unpaired) electrons. The Kier molecular flexibility index (Phi) is 2.98. The van der Waals surface area contributed by atoms with Crippen molar-refractivity contribution in [3.05, 3.63) is 34.4 Å². The number of carboxylic acid groups (broad SMARTS) is 1. The van der Waals surface area contributed by atoms with Crippen LogP contribution >= 0.6 is 0 Å². The van der Waals surface area contributed by atoms with Crippen LogP contribution in [0, 0.1) is 6.92 Å². The maximum Gasteiger partial charge on any atom is 0.372 e. The number of hydrogen-bond donors (Lipinski definition) is 1. The van der Waals surface area contributed by atoms with E-state index < -0.39 is 5.97 Å². The molecular formula is C13H15NO4. The van der Waals surface area contributed by atoms with Gasteiger partial charge in [0.05, 0.1) is 5.56 Å². The molecule has 0 aromatic carbocycles. The monoisotopic (exact) mass is 249 g/mol. The molecule has 0 unspecified atom stereocenters. The Balaban J connectivity index is 2.50. The number of rotatable bonds is 2. The third kappa shape index (κ3) is 1.92. The Morgan fingerprint density at radius 1 is 1.39 bits per heavy atom. The fourth-order valence-corrected chi connectivity index (χ4v) is 2.21. The minimum absolute atomic E-state index is 0.126. The predicted molar refractivity (Wildman–Crippen MR) is 64.8 cm³/mol. The molecule has 96 valence electrons. The molecule has 5 nitrogen and oxygen atoms in total. The Hall–Kier alpha value is -2.04. The standard InChI is InChI=1S/C13H15NO4/c1-7-10-9(18-12(7)13(16)17)5-4-8(11(10)15)6-14(2)3/h6H,4-5H2,1-3H3,(H,16,17)/b8-6-. The molecule has 0 bridgehead atoms. The van der Waals surface area contributed by atoms with Crippen LogP contribution in [-0.4, -0.2) is 35.9 Å². The number of nitrogens with zero attached hydrogens (tertiary/aromatic N) is 1. The Labute approximate surface area is 105 Å². The van der Waals surface area contributed by atoms with E-state index in [0.29, 0.717) is 35.3 Å². The van der Waals surface area contributed by atoms with Gasteiger partial charge in [0.25, 0.3) is 0 Å². The number of carbonyl (C=O) groups is 2. The van der Waals surface area contributed by atoms with Crippen molar-refractivity contribution in [2.24, 2.45) is 0 Å². The molecule has 0 aliphatic heterocycles. The molecule has 1 heterocycles. The lowest BCUT2D eigenvalue weighted by Crippen LogP contribution is -2.16. The Morgan fingerprint density at radius 2 is 2.06 bits per heavy atom. The van der Waals surface area contributed by atoms with Gasteiger partial charge >= 0.3 is 5.97 Å². The second-order valence-electron chi connectivity index (χ2n) is 4.61. The summed E-state index contributed by atoms with van der Waals surface area (Å²) in [5.41, 5.74) is 1.53. The first-order valence-corrected chi connectivity index (χ1v) is 5.69. The van der Waals surface area contributed by atoms with E-state index in [1.54, 1.807) is 13.1 Å². The van der Waals surface area contributed by atoms with Gasteiger partial charge in [0.2, 0.25) is 5.76 Å². The van der Waals surface area contributed by atoms with Crippen molar-refractivity contribution in [1.82, 2.24) is 4.90 Å². The molecule has 0 spiro atoms. The molecule has 0 saturated carbocycles. The summed E-state index contributed by atoms with van der Waals surface area (Å²) in [5.74, 6) is -0.892. The highest BCUT2D eigenvalue weighted by atomic mass is 16.4. The number of carbonyl (C=O) groups excluding carboxylic acids is 1. The molecule has 1 aliphatic rings. The molecule has 5 heteroatoms. The average molecular weight is 249 g/mol. The molecule has 0 amide bonds. The number of aryl methyl sites for hydroxylation is 1. The normalized spacial score (nSPS) is 16.8. The van der Waals surface area contributed by atoms with E-state index in [0.717, 1.165) is 0 Å². The van der Waals surface area contributed by atoms with Crippen LogP contribution in [0.1, 0.15) is 38.7 Å². The van der Waals surface area contributed by atoms with Gasteiger partial charge in [0.1, 0.15) is 5.76 Å². The lowest BCUT2D eigenvalue weighted by Gasteiger charge is -2.15.